The molecule has 0 N–H and O–H groups in total. The van der Waals surface area contributed by atoms with E-state index in [1.165, 1.54) is 9.28 Å². The fraction of sp³-hybridized carbons (Fsp3) is 0.167. The van der Waals surface area contributed by atoms with Gasteiger partial charge in [0.2, 0.25) is 6.39 Å². The second kappa shape index (κ2) is 4.38. The summed E-state index contributed by atoms with van der Waals surface area (Å²) < 4.78 is 6.84. The molecule has 0 aliphatic heterocycles. The Labute approximate surface area is 96.3 Å². The van der Waals surface area contributed by atoms with Crippen molar-refractivity contribution in [2.75, 3.05) is 0 Å². The van der Waals surface area contributed by atoms with E-state index in [2.05, 4.69) is 42.2 Å². The molecule has 2 aromatic heterocycles. The molecule has 2 rings (SSSR count). The summed E-state index contributed by atoms with van der Waals surface area (Å²) in [6.07, 6.45) is 3.19. The van der Waals surface area contributed by atoms with Crippen molar-refractivity contribution >= 4 is 45.7 Å². The summed E-state index contributed by atoms with van der Waals surface area (Å²) in [4.78, 5) is 8.12. The number of halogens is 1. The number of hydrogen-bond acceptors (Lipinski definition) is 6. The molecule has 0 radical (unpaired) electrons. The first kappa shape index (κ1) is 9.41. The van der Waals surface area contributed by atoms with Crippen LogP contribution < -0.4 is 0 Å². The van der Waals surface area contributed by atoms with Crippen LogP contribution in [0.4, 0.5) is 0 Å². The maximum Gasteiger partial charge on any atom is 0.213 e. The van der Waals surface area contributed by atoms with E-state index in [9.17, 15) is 0 Å². The third-order valence-corrected chi connectivity index (χ3v) is 4.07. The van der Waals surface area contributed by atoms with Gasteiger partial charge in [0.1, 0.15) is 0 Å². The van der Waals surface area contributed by atoms with Crippen LogP contribution in [-0.2, 0) is 5.75 Å². The molecule has 0 aliphatic carbocycles. The summed E-state index contributed by atoms with van der Waals surface area (Å²) in [6.45, 7) is 0. The maximum atomic E-state index is 4.62. The maximum absolute atomic E-state index is 4.62. The van der Waals surface area contributed by atoms with Crippen molar-refractivity contribution in [2.24, 2.45) is 0 Å². The molecule has 0 unspecified atom stereocenters. The van der Waals surface area contributed by atoms with Gasteiger partial charge in [-0.05, 0) is 22.6 Å². The fourth-order valence-corrected chi connectivity index (χ4v) is 3.47. The Morgan fingerprint density at radius 2 is 2.46 bits per heavy atom. The van der Waals surface area contributed by atoms with Crippen molar-refractivity contribution in [3.63, 3.8) is 0 Å². The van der Waals surface area contributed by atoms with E-state index in [0.29, 0.717) is 11.6 Å². The van der Waals surface area contributed by atoms with E-state index in [-0.39, 0.29) is 0 Å². The lowest BCUT2D eigenvalue weighted by molar-refractivity contribution is 0.412. The molecule has 0 aromatic carbocycles. The minimum Gasteiger partial charge on any atom is -0.343 e. The van der Waals surface area contributed by atoms with Gasteiger partial charge in [-0.1, -0.05) is 16.9 Å². The molecule has 0 atom stereocenters. The molecule has 7 heteroatoms. The molecule has 0 spiro atoms. The predicted octanol–water partition coefficient (Wildman–Crippen LogP) is 2.42. The Hall–Kier alpha value is -0.150. The number of thioether (sulfide) groups is 1. The van der Waals surface area contributed by atoms with Crippen LogP contribution in [0.5, 0.6) is 0 Å². The lowest BCUT2D eigenvalue weighted by Gasteiger charge is -1.89. The van der Waals surface area contributed by atoms with E-state index in [0.717, 1.165) is 4.34 Å². The molecular weight excluding hydrogens is 321 g/mol. The molecule has 13 heavy (non-hydrogen) atoms. The molecule has 0 bridgehead atoms. The molecule has 2 heterocycles. The van der Waals surface area contributed by atoms with Crippen molar-refractivity contribution in [1.82, 2.24) is 15.1 Å². The minimum atomic E-state index is 0.704. The number of nitrogens with zero attached hydrogens (tertiary/aromatic N) is 3. The Bertz CT molecular complexity index is 375. The van der Waals surface area contributed by atoms with Crippen LogP contribution in [0, 0.1) is 2.88 Å². The first-order valence-corrected chi connectivity index (χ1v) is 6.22. The highest BCUT2D eigenvalue weighted by Gasteiger charge is 2.03. The zero-order valence-electron chi connectivity index (χ0n) is 6.31. The summed E-state index contributed by atoms with van der Waals surface area (Å²) in [6, 6.07) is 0. The molecule has 0 aliphatic rings. The Morgan fingerprint density at radius 1 is 1.54 bits per heavy atom. The van der Waals surface area contributed by atoms with E-state index in [1.54, 1.807) is 23.1 Å². The van der Waals surface area contributed by atoms with Gasteiger partial charge < -0.3 is 4.52 Å². The third-order valence-electron chi connectivity index (χ3n) is 1.19. The predicted molar refractivity (Wildman–Crippen MR) is 58.7 cm³/mol. The van der Waals surface area contributed by atoms with Crippen molar-refractivity contribution in [3.05, 3.63) is 21.3 Å². The summed E-state index contributed by atoms with van der Waals surface area (Å²) in [5, 5.41) is 3.71. The van der Waals surface area contributed by atoms with Crippen LogP contribution in [0.1, 0.15) is 5.82 Å². The standard InChI is InChI=1S/C6H4IN3OS2/c7-4-1-8-6(13-4)12-2-5-9-3-11-10-5/h1,3H,2H2. The highest BCUT2D eigenvalue weighted by Crippen LogP contribution is 2.26. The fourth-order valence-electron chi connectivity index (χ4n) is 0.689. The molecule has 2 aromatic rings. The summed E-state index contributed by atoms with van der Waals surface area (Å²) >= 11 is 5.53. The number of rotatable bonds is 3. The number of aromatic nitrogens is 3. The molecule has 0 fully saturated rings. The highest BCUT2D eigenvalue weighted by atomic mass is 127. The second-order valence-electron chi connectivity index (χ2n) is 2.07. The highest BCUT2D eigenvalue weighted by molar-refractivity contribution is 14.1. The van der Waals surface area contributed by atoms with E-state index >= 15 is 0 Å². The van der Waals surface area contributed by atoms with Crippen molar-refractivity contribution in [2.45, 2.75) is 10.1 Å². The Morgan fingerprint density at radius 3 is 3.08 bits per heavy atom. The largest absolute Gasteiger partial charge is 0.343 e. The van der Waals surface area contributed by atoms with E-state index < -0.39 is 0 Å². The normalized spacial score (nSPS) is 10.5. The second-order valence-corrected chi connectivity index (χ2v) is 6.21. The van der Waals surface area contributed by atoms with Crippen LogP contribution in [0.25, 0.3) is 0 Å². The van der Waals surface area contributed by atoms with Gasteiger partial charge in [0, 0.05) is 0 Å². The van der Waals surface area contributed by atoms with Crippen molar-refractivity contribution < 1.29 is 4.52 Å². The van der Waals surface area contributed by atoms with Crippen LogP contribution >= 0.6 is 45.7 Å². The molecule has 4 nitrogen and oxygen atoms in total. The minimum absolute atomic E-state index is 0.704. The number of hydrogen-bond donors (Lipinski definition) is 0. The van der Waals surface area contributed by atoms with Gasteiger partial charge in [-0.3, -0.25) is 0 Å². The Kier molecular flexibility index (Phi) is 3.17. The SMILES string of the molecule is Ic1cnc(SCc2ncon2)s1. The van der Waals surface area contributed by atoms with Crippen molar-refractivity contribution in [3.8, 4) is 0 Å². The topological polar surface area (TPSA) is 51.8 Å². The lowest BCUT2D eigenvalue weighted by atomic mass is 10.7. The molecular formula is C6H4IN3OS2. The molecule has 68 valence electrons. The summed E-state index contributed by atoms with van der Waals surface area (Å²) in [7, 11) is 0. The third kappa shape index (κ3) is 2.64. The average molecular weight is 325 g/mol. The van der Waals surface area contributed by atoms with Gasteiger partial charge in [-0.2, -0.15) is 4.98 Å². The summed E-state index contributed by atoms with van der Waals surface area (Å²) in [5.41, 5.74) is 0. The Balaban J connectivity index is 1.93. The first-order chi connectivity index (χ1) is 6.34. The van der Waals surface area contributed by atoms with E-state index in [1.807, 2.05) is 6.20 Å². The lowest BCUT2D eigenvalue weighted by Crippen LogP contribution is -1.81. The first-order valence-electron chi connectivity index (χ1n) is 3.34. The zero-order chi connectivity index (χ0) is 9.10. The zero-order valence-corrected chi connectivity index (χ0v) is 10.1. The van der Waals surface area contributed by atoms with Crippen LogP contribution in [0.3, 0.4) is 0 Å². The van der Waals surface area contributed by atoms with Gasteiger partial charge in [0.25, 0.3) is 0 Å². The molecule has 0 saturated carbocycles. The van der Waals surface area contributed by atoms with E-state index in [4.69, 9.17) is 0 Å². The molecule has 0 saturated heterocycles. The smallest absolute Gasteiger partial charge is 0.213 e. The van der Waals surface area contributed by atoms with Gasteiger partial charge in [0.05, 0.1) is 14.8 Å². The van der Waals surface area contributed by atoms with Crippen LogP contribution in [-0.4, -0.2) is 15.1 Å². The average Bonchev–Trinajstić information content (AvgIpc) is 2.71. The van der Waals surface area contributed by atoms with Gasteiger partial charge in [0.15, 0.2) is 10.2 Å². The monoisotopic (exact) mass is 325 g/mol. The number of thiazole rings is 1. The summed E-state index contributed by atoms with van der Waals surface area (Å²) in [5.74, 6) is 1.41. The van der Waals surface area contributed by atoms with Gasteiger partial charge >= 0.3 is 0 Å². The van der Waals surface area contributed by atoms with Gasteiger partial charge in [-0.25, -0.2) is 4.98 Å². The molecule has 0 amide bonds. The van der Waals surface area contributed by atoms with Crippen LogP contribution in [0.2, 0.25) is 0 Å². The quantitative estimate of drug-likeness (QED) is 0.641. The van der Waals surface area contributed by atoms with Crippen LogP contribution in [0.15, 0.2) is 21.5 Å². The van der Waals surface area contributed by atoms with Gasteiger partial charge in [-0.15, -0.1) is 11.3 Å². The van der Waals surface area contributed by atoms with Crippen molar-refractivity contribution in [1.29, 1.82) is 0 Å².